The minimum Gasteiger partial charge on any atom is -0.387 e. The van der Waals surface area contributed by atoms with Gasteiger partial charge in [0.2, 0.25) is 0 Å². The average Bonchev–Trinajstić information content (AvgIpc) is 2.19. The van der Waals surface area contributed by atoms with Crippen molar-refractivity contribution in [1.82, 2.24) is 0 Å². The molecule has 0 saturated heterocycles. The maximum atomic E-state index is 8.51. The zero-order valence-corrected chi connectivity index (χ0v) is 8.90. The van der Waals surface area contributed by atoms with Crippen LogP contribution < -0.4 is 5.73 Å². The van der Waals surface area contributed by atoms with E-state index in [2.05, 4.69) is 0 Å². The maximum Gasteiger partial charge on any atom is 0.491 e. The number of nitrogens with one attached hydrogen (secondary N) is 1. The van der Waals surface area contributed by atoms with Crippen molar-refractivity contribution in [3.05, 3.63) is 35.9 Å². The summed E-state index contributed by atoms with van der Waals surface area (Å²) in [5.41, 5.74) is 6.45. The van der Waals surface area contributed by atoms with Crippen LogP contribution in [0.4, 0.5) is 0 Å². The summed E-state index contributed by atoms with van der Waals surface area (Å²) in [7, 11) is -1.17. The van der Waals surface area contributed by atoms with Crippen LogP contribution in [0.15, 0.2) is 30.3 Å². The topological polar surface area (TPSA) is 87.2 Å². The zero-order valence-electron chi connectivity index (χ0n) is 7.90. The van der Waals surface area contributed by atoms with Crippen LogP contribution in [-0.2, 0) is 4.57 Å². The Kier molecular flexibility index (Phi) is 6.54. The first-order valence-corrected chi connectivity index (χ1v) is 4.89. The molecule has 0 bridgehead atoms. The molecular weight excluding hydrogens is 199 g/mol. The summed E-state index contributed by atoms with van der Waals surface area (Å²) < 4.78 is 8.51. The minimum atomic E-state index is -1.17. The van der Waals surface area contributed by atoms with Crippen LogP contribution in [0.3, 0.4) is 0 Å². The predicted molar refractivity (Wildman–Crippen MR) is 58.0 cm³/mol. The van der Waals surface area contributed by atoms with Gasteiger partial charge in [-0.1, -0.05) is 37.3 Å². The van der Waals surface area contributed by atoms with Crippen molar-refractivity contribution in [2.75, 3.05) is 0 Å². The Hall–Kier alpha value is -1.25. The lowest BCUT2D eigenvalue weighted by molar-refractivity contribution is 0.524. The number of nitrogens with two attached hydrogens (primary N) is 1. The Bertz CT molecular complexity index is 290. The van der Waals surface area contributed by atoms with Gasteiger partial charge in [-0.3, -0.25) is 5.41 Å². The van der Waals surface area contributed by atoms with Crippen molar-refractivity contribution in [3.63, 3.8) is 0 Å². The number of rotatable bonds is 2. The molecule has 0 fully saturated rings. The van der Waals surface area contributed by atoms with E-state index in [1.165, 1.54) is 0 Å². The highest BCUT2D eigenvalue weighted by atomic mass is 31.1. The Balaban J connectivity index is 0.000000500. The Morgan fingerprint density at radius 2 is 1.93 bits per heavy atom. The third kappa shape index (κ3) is 4.70. The summed E-state index contributed by atoms with van der Waals surface area (Å²) in [6.07, 6.45) is 0. The molecule has 0 aliphatic heterocycles. The highest BCUT2D eigenvalue weighted by molar-refractivity contribution is 7.16. The van der Waals surface area contributed by atoms with Gasteiger partial charge in [0.1, 0.15) is 0 Å². The molecule has 0 heterocycles. The van der Waals surface area contributed by atoms with Crippen molar-refractivity contribution >= 4 is 14.5 Å². The van der Waals surface area contributed by atoms with E-state index in [9.17, 15) is 0 Å². The van der Waals surface area contributed by atoms with Crippen LogP contribution in [0.5, 0.6) is 0 Å². The van der Waals surface area contributed by atoms with Gasteiger partial charge in [0.15, 0.2) is 0 Å². The van der Waals surface area contributed by atoms with Crippen LogP contribution in [-0.4, -0.2) is 10.7 Å². The molecule has 2 atom stereocenters. The molecule has 2 unspecified atom stereocenters. The zero-order chi connectivity index (χ0) is 11.0. The molecule has 0 amide bonds. The molecule has 0 aliphatic rings. The Labute approximate surface area is 84.6 Å². The normalized spacial score (nSPS) is 11.3. The maximum absolute atomic E-state index is 8.51. The van der Waals surface area contributed by atoms with E-state index >= 15 is 0 Å². The Morgan fingerprint density at radius 3 is 2.29 bits per heavy atom. The van der Waals surface area contributed by atoms with Crippen molar-refractivity contribution < 1.29 is 9.46 Å². The van der Waals surface area contributed by atoms with Crippen molar-refractivity contribution in [2.45, 2.75) is 12.8 Å². The van der Waals surface area contributed by atoms with Crippen LogP contribution in [0.2, 0.25) is 0 Å². The molecule has 14 heavy (non-hydrogen) atoms. The quantitative estimate of drug-likeness (QED) is 0.396. The summed E-state index contributed by atoms with van der Waals surface area (Å²) in [4.78, 5) is 7.04. The molecule has 4 nitrogen and oxygen atoms in total. The number of benzene rings is 1. The second-order valence-electron chi connectivity index (χ2n) is 2.68. The first-order chi connectivity index (χ1) is 6.63. The van der Waals surface area contributed by atoms with Gasteiger partial charge in [0.05, 0.1) is 5.84 Å². The number of hydrogen-bond acceptors (Lipinski definition) is 2. The van der Waals surface area contributed by atoms with E-state index in [0.717, 1.165) is 5.56 Å². The predicted octanol–water partition coefficient (Wildman–Crippen LogP) is 1.64. The van der Waals surface area contributed by atoms with Crippen LogP contribution >= 0.6 is 8.69 Å². The summed E-state index contributed by atoms with van der Waals surface area (Å²) in [6, 6.07) is 9.82. The summed E-state index contributed by atoms with van der Waals surface area (Å²) >= 11 is 0. The van der Waals surface area contributed by atoms with E-state index in [-0.39, 0.29) is 11.8 Å². The first-order valence-electron chi connectivity index (χ1n) is 4.03. The fraction of sp³-hybridized carbons (Fsp3) is 0.222. The van der Waals surface area contributed by atoms with Gasteiger partial charge < -0.3 is 5.73 Å². The lowest BCUT2D eigenvalue weighted by Crippen LogP contribution is -2.17. The van der Waals surface area contributed by atoms with Gasteiger partial charge in [0.25, 0.3) is 0 Å². The molecule has 76 valence electrons. The molecule has 1 aromatic carbocycles. The van der Waals surface area contributed by atoms with Gasteiger partial charge >= 0.3 is 8.69 Å². The molecule has 5 heteroatoms. The molecule has 0 saturated carbocycles. The van der Waals surface area contributed by atoms with E-state index in [0.29, 0.717) is 0 Å². The molecular formula is C9H14N2O2P+. The summed E-state index contributed by atoms with van der Waals surface area (Å²) in [6.45, 7) is 1.93. The van der Waals surface area contributed by atoms with Crippen molar-refractivity contribution in [1.29, 1.82) is 5.41 Å². The van der Waals surface area contributed by atoms with E-state index < -0.39 is 8.69 Å². The minimum absolute atomic E-state index is 0.0381. The standard InChI is InChI=1S/C9H12N2.HO2P/c1-7(9(10)11)8-5-3-2-4-6-8;1-3-2/h2-7H,1H3,(H3,10,11);3H/p+1. The van der Waals surface area contributed by atoms with Gasteiger partial charge in [-0.2, -0.15) is 4.89 Å². The van der Waals surface area contributed by atoms with Crippen molar-refractivity contribution in [2.24, 2.45) is 5.73 Å². The van der Waals surface area contributed by atoms with Gasteiger partial charge in [-0.15, -0.1) is 0 Å². The molecule has 0 aliphatic carbocycles. The molecule has 4 N–H and O–H groups in total. The van der Waals surface area contributed by atoms with Crippen molar-refractivity contribution in [3.8, 4) is 0 Å². The first kappa shape index (κ1) is 12.8. The second-order valence-corrected chi connectivity index (χ2v) is 2.86. The molecule has 0 spiro atoms. The van der Waals surface area contributed by atoms with E-state index in [1.54, 1.807) is 0 Å². The van der Waals surface area contributed by atoms with Gasteiger partial charge in [-0.05, 0) is 10.1 Å². The van der Waals surface area contributed by atoms with E-state index in [1.807, 2.05) is 37.3 Å². The monoisotopic (exact) mass is 213 g/mol. The van der Waals surface area contributed by atoms with Gasteiger partial charge in [0, 0.05) is 5.92 Å². The van der Waals surface area contributed by atoms with Crippen LogP contribution in [0.1, 0.15) is 18.4 Å². The molecule has 0 aromatic heterocycles. The Morgan fingerprint density at radius 1 is 1.50 bits per heavy atom. The lowest BCUT2D eigenvalue weighted by atomic mass is 10.0. The van der Waals surface area contributed by atoms with Crippen LogP contribution in [0, 0.1) is 5.41 Å². The fourth-order valence-corrected chi connectivity index (χ4v) is 0.921. The summed E-state index contributed by atoms with van der Waals surface area (Å²) in [5, 5.41) is 7.22. The molecule has 1 aromatic rings. The van der Waals surface area contributed by atoms with E-state index in [4.69, 9.17) is 20.6 Å². The van der Waals surface area contributed by atoms with Crippen LogP contribution in [0.25, 0.3) is 0 Å². The smallest absolute Gasteiger partial charge is 0.387 e. The summed E-state index contributed by atoms with van der Waals surface area (Å²) in [5.74, 6) is 0.257. The second kappa shape index (κ2) is 7.18. The SMILES string of the molecule is CC(C(=N)N)c1ccccc1.O=[PH+]O. The van der Waals surface area contributed by atoms with Gasteiger partial charge in [-0.25, -0.2) is 0 Å². The lowest BCUT2D eigenvalue weighted by Gasteiger charge is -2.08. The largest absolute Gasteiger partial charge is 0.491 e. The molecule has 1 rings (SSSR count). The third-order valence-electron chi connectivity index (χ3n) is 1.77. The molecule has 0 radical (unpaired) electrons. The number of hydrogen-bond donors (Lipinski definition) is 3. The highest BCUT2D eigenvalue weighted by Crippen LogP contribution is 2.12. The highest BCUT2D eigenvalue weighted by Gasteiger charge is 2.05. The fourth-order valence-electron chi connectivity index (χ4n) is 0.921. The third-order valence-corrected chi connectivity index (χ3v) is 1.77. The number of amidine groups is 1. The average molecular weight is 213 g/mol.